The standard InChI is InChI=1S/C15H21ClFNO/c1-2-10-5-6-15(8-10,9-18)14(19)12-7-11(16)3-4-13(12)17/h3-4,7,10,14,19H,2,5-6,8-9,18H2,1H3. The van der Waals surface area contributed by atoms with E-state index >= 15 is 0 Å². The van der Waals surface area contributed by atoms with Crippen LogP contribution in [0.15, 0.2) is 18.2 Å². The summed E-state index contributed by atoms with van der Waals surface area (Å²) in [6.07, 6.45) is 2.94. The smallest absolute Gasteiger partial charge is 0.129 e. The van der Waals surface area contributed by atoms with Crippen LogP contribution in [0.4, 0.5) is 4.39 Å². The molecular formula is C15H21ClFNO. The average molecular weight is 286 g/mol. The molecule has 0 radical (unpaired) electrons. The van der Waals surface area contributed by atoms with E-state index in [1.54, 1.807) is 0 Å². The number of nitrogens with two attached hydrogens (primary N) is 1. The van der Waals surface area contributed by atoms with E-state index in [1.165, 1.54) is 18.2 Å². The number of rotatable bonds is 4. The monoisotopic (exact) mass is 285 g/mol. The molecule has 0 aliphatic heterocycles. The third-order valence-electron chi connectivity index (χ3n) is 4.56. The Morgan fingerprint density at radius 2 is 2.32 bits per heavy atom. The second-order valence-corrected chi connectivity index (χ2v) is 6.09. The molecule has 1 aromatic rings. The van der Waals surface area contributed by atoms with Gasteiger partial charge in [-0.2, -0.15) is 0 Å². The molecule has 0 amide bonds. The number of halogens is 2. The highest BCUT2D eigenvalue weighted by Crippen LogP contribution is 2.50. The van der Waals surface area contributed by atoms with Crippen molar-refractivity contribution in [3.05, 3.63) is 34.6 Å². The van der Waals surface area contributed by atoms with E-state index in [0.717, 1.165) is 25.7 Å². The van der Waals surface area contributed by atoms with Crippen molar-refractivity contribution in [2.45, 2.75) is 38.7 Å². The third-order valence-corrected chi connectivity index (χ3v) is 4.80. The van der Waals surface area contributed by atoms with Crippen molar-refractivity contribution >= 4 is 11.6 Å². The zero-order valence-electron chi connectivity index (χ0n) is 11.2. The Balaban J connectivity index is 2.31. The summed E-state index contributed by atoms with van der Waals surface area (Å²) in [7, 11) is 0. The second kappa shape index (κ2) is 5.78. The van der Waals surface area contributed by atoms with Gasteiger partial charge in [-0.3, -0.25) is 0 Å². The van der Waals surface area contributed by atoms with Crippen molar-refractivity contribution in [3.63, 3.8) is 0 Å². The number of hydrogen-bond donors (Lipinski definition) is 2. The Bertz CT molecular complexity index is 454. The first-order valence-electron chi connectivity index (χ1n) is 6.85. The molecule has 19 heavy (non-hydrogen) atoms. The summed E-state index contributed by atoms with van der Waals surface area (Å²) in [4.78, 5) is 0. The number of hydrogen-bond acceptors (Lipinski definition) is 2. The van der Waals surface area contributed by atoms with Crippen molar-refractivity contribution in [1.29, 1.82) is 0 Å². The summed E-state index contributed by atoms with van der Waals surface area (Å²) in [5, 5.41) is 11.0. The van der Waals surface area contributed by atoms with E-state index in [-0.39, 0.29) is 5.56 Å². The predicted octanol–water partition coefficient (Wildman–Crippen LogP) is 3.67. The number of aliphatic hydroxyl groups is 1. The molecule has 0 heterocycles. The Labute approximate surface area is 118 Å². The molecule has 2 nitrogen and oxygen atoms in total. The minimum Gasteiger partial charge on any atom is -0.388 e. The molecule has 0 bridgehead atoms. The molecule has 0 aromatic heterocycles. The molecule has 0 saturated heterocycles. The van der Waals surface area contributed by atoms with Gasteiger partial charge in [0.25, 0.3) is 0 Å². The van der Waals surface area contributed by atoms with Gasteiger partial charge in [0.05, 0.1) is 6.10 Å². The summed E-state index contributed by atoms with van der Waals surface area (Å²) >= 11 is 5.90. The predicted molar refractivity (Wildman–Crippen MR) is 75.5 cm³/mol. The molecule has 3 unspecified atom stereocenters. The highest BCUT2D eigenvalue weighted by Gasteiger charge is 2.44. The van der Waals surface area contributed by atoms with Gasteiger partial charge in [0.2, 0.25) is 0 Å². The maximum absolute atomic E-state index is 13.9. The normalized spacial score (nSPS) is 28.6. The van der Waals surface area contributed by atoms with Gasteiger partial charge in [-0.25, -0.2) is 4.39 Å². The molecule has 1 fully saturated rings. The van der Waals surface area contributed by atoms with Crippen LogP contribution in [0.25, 0.3) is 0 Å². The van der Waals surface area contributed by atoms with Crippen molar-refractivity contribution < 1.29 is 9.50 Å². The Hall–Kier alpha value is -0.640. The zero-order valence-corrected chi connectivity index (χ0v) is 12.0. The van der Waals surface area contributed by atoms with Gasteiger partial charge < -0.3 is 10.8 Å². The largest absolute Gasteiger partial charge is 0.388 e. The maximum atomic E-state index is 13.9. The highest BCUT2D eigenvalue weighted by atomic mass is 35.5. The van der Waals surface area contributed by atoms with Crippen LogP contribution in [0, 0.1) is 17.2 Å². The summed E-state index contributed by atoms with van der Waals surface area (Å²) in [5.74, 6) is 0.158. The van der Waals surface area contributed by atoms with E-state index in [2.05, 4.69) is 6.92 Å². The van der Waals surface area contributed by atoms with Crippen molar-refractivity contribution in [2.75, 3.05) is 6.54 Å². The second-order valence-electron chi connectivity index (χ2n) is 5.65. The lowest BCUT2D eigenvalue weighted by molar-refractivity contribution is 0.0275. The molecule has 106 valence electrons. The van der Waals surface area contributed by atoms with Crippen LogP contribution in [-0.2, 0) is 0 Å². The summed E-state index contributed by atoms with van der Waals surface area (Å²) in [6.45, 7) is 2.51. The van der Waals surface area contributed by atoms with E-state index in [9.17, 15) is 9.50 Å². The fourth-order valence-electron chi connectivity index (χ4n) is 3.22. The fourth-order valence-corrected chi connectivity index (χ4v) is 3.40. The minimum absolute atomic E-state index is 0.273. The van der Waals surface area contributed by atoms with Crippen LogP contribution in [-0.4, -0.2) is 11.7 Å². The highest BCUT2D eigenvalue weighted by molar-refractivity contribution is 6.30. The first-order chi connectivity index (χ1) is 9.02. The molecular weight excluding hydrogens is 265 g/mol. The van der Waals surface area contributed by atoms with Crippen LogP contribution in [0.5, 0.6) is 0 Å². The average Bonchev–Trinajstić information content (AvgIpc) is 2.85. The quantitative estimate of drug-likeness (QED) is 0.887. The molecule has 3 N–H and O–H groups in total. The van der Waals surface area contributed by atoms with Crippen LogP contribution in [0.1, 0.15) is 44.3 Å². The molecule has 4 heteroatoms. The summed E-state index contributed by atoms with van der Waals surface area (Å²) in [5.41, 5.74) is 5.76. The maximum Gasteiger partial charge on any atom is 0.129 e. The summed E-state index contributed by atoms with van der Waals surface area (Å²) in [6, 6.07) is 4.31. The van der Waals surface area contributed by atoms with Crippen molar-refractivity contribution in [1.82, 2.24) is 0 Å². The van der Waals surface area contributed by atoms with Gasteiger partial charge in [-0.05, 0) is 43.4 Å². The molecule has 0 spiro atoms. The van der Waals surface area contributed by atoms with Crippen molar-refractivity contribution in [2.24, 2.45) is 17.1 Å². The SMILES string of the molecule is CCC1CCC(CN)(C(O)c2cc(Cl)ccc2F)C1. The molecule has 3 atom stereocenters. The van der Waals surface area contributed by atoms with Gasteiger partial charge in [0.1, 0.15) is 5.82 Å². The zero-order chi connectivity index (χ0) is 14.0. The van der Waals surface area contributed by atoms with Gasteiger partial charge in [-0.15, -0.1) is 0 Å². The molecule has 1 aliphatic carbocycles. The third kappa shape index (κ3) is 2.78. The lowest BCUT2D eigenvalue weighted by Gasteiger charge is -2.34. The van der Waals surface area contributed by atoms with E-state index in [0.29, 0.717) is 17.5 Å². The van der Waals surface area contributed by atoms with Gasteiger partial charge in [-0.1, -0.05) is 24.9 Å². The number of benzene rings is 1. The summed E-state index contributed by atoms with van der Waals surface area (Å²) < 4.78 is 13.9. The molecule has 1 saturated carbocycles. The molecule has 1 aromatic carbocycles. The van der Waals surface area contributed by atoms with Crippen molar-refractivity contribution in [3.8, 4) is 0 Å². The molecule has 2 rings (SSSR count). The van der Waals surface area contributed by atoms with Crippen LogP contribution in [0.3, 0.4) is 0 Å². The van der Waals surface area contributed by atoms with Crippen LogP contribution < -0.4 is 5.73 Å². The Morgan fingerprint density at radius 1 is 1.58 bits per heavy atom. The first-order valence-corrected chi connectivity index (χ1v) is 7.23. The Kier molecular flexibility index (Phi) is 4.49. The minimum atomic E-state index is -0.882. The van der Waals surface area contributed by atoms with Crippen LogP contribution in [0.2, 0.25) is 5.02 Å². The van der Waals surface area contributed by atoms with Gasteiger partial charge in [0, 0.05) is 22.5 Å². The topological polar surface area (TPSA) is 46.2 Å². The molecule has 1 aliphatic rings. The van der Waals surface area contributed by atoms with Crippen LogP contribution >= 0.6 is 11.6 Å². The number of aliphatic hydroxyl groups excluding tert-OH is 1. The van der Waals surface area contributed by atoms with Gasteiger partial charge >= 0.3 is 0 Å². The van der Waals surface area contributed by atoms with Gasteiger partial charge in [0.15, 0.2) is 0 Å². The lowest BCUT2D eigenvalue weighted by atomic mass is 9.76. The van der Waals surface area contributed by atoms with E-state index in [1.807, 2.05) is 0 Å². The fraction of sp³-hybridized carbons (Fsp3) is 0.600. The van der Waals surface area contributed by atoms with E-state index in [4.69, 9.17) is 17.3 Å². The van der Waals surface area contributed by atoms with E-state index < -0.39 is 17.3 Å². The Morgan fingerprint density at radius 3 is 2.89 bits per heavy atom. The lowest BCUT2D eigenvalue weighted by Crippen LogP contribution is -2.35. The first kappa shape index (κ1) is 14.8.